The van der Waals surface area contributed by atoms with Crippen molar-refractivity contribution < 1.29 is 19.0 Å². The first-order chi connectivity index (χ1) is 6.76. The Labute approximate surface area is 83.1 Å². The summed E-state index contributed by atoms with van der Waals surface area (Å²) in [4.78, 5) is 10.8. The maximum absolute atomic E-state index is 10.8. The summed E-state index contributed by atoms with van der Waals surface area (Å²) in [7, 11) is 4.65. The van der Waals surface area contributed by atoms with Gasteiger partial charge in [0, 0.05) is 13.5 Å². The van der Waals surface area contributed by atoms with Crippen LogP contribution in [0.4, 0.5) is 0 Å². The molecule has 1 atom stereocenters. The van der Waals surface area contributed by atoms with Crippen LogP contribution in [0.5, 0.6) is 0 Å². The minimum Gasteiger partial charge on any atom is -0.500 e. The lowest BCUT2D eigenvalue weighted by Crippen LogP contribution is -2.18. The molecule has 0 aromatic heterocycles. The summed E-state index contributed by atoms with van der Waals surface area (Å²) in [5, 5.41) is 0. The van der Waals surface area contributed by atoms with Crippen molar-refractivity contribution in [1.29, 1.82) is 0 Å². The van der Waals surface area contributed by atoms with E-state index in [1.807, 2.05) is 0 Å². The molecule has 1 aliphatic carbocycles. The van der Waals surface area contributed by atoms with E-state index < -0.39 is 0 Å². The van der Waals surface area contributed by atoms with Crippen LogP contribution in [0.15, 0.2) is 23.2 Å². The predicted molar refractivity (Wildman–Crippen MR) is 50.6 cm³/mol. The smallest absolute Gasteiger partial charge is 0.157 e. The van der Waals surface area contributed by atoms with E-state index in [-0.39, 0.29) is 6.10 Å². The molecule has 0 heterocycles. The maximum atomic E-state index is 10.8. The summed E-state index contributed by atoms with van der Waals surface area (Å²) in [6, 6.07) is 0. The fourth-order valence-corrected chi connectivity index (χ4v) is 1.39. The lowest BCUT2D eigenvalue weighted by atomic mass is 10.0. The van der Waals surface area contributed by atoms with Gasteiger partial charge in [-0.3, -0.25) is 4.79 Å². The molecule has 0 bridgehead atoms. The van der Waals surface area contributed by atoms with Gasteiger partial charge in [-0.25, -0.2) is 0 Å². The van der Waals surface area contributed by atoms with E-state index in [1.165, 1.54) is 14.2 Å². The van der Waals surface area contributed by atoms with E-state index in [9.17, 15) is 4.79 Å². The van der Waals surface area contributed by atoms with E-state index in [4.69, 9.17) is 14.2 Å². The second kappa shape index (κ2) is 4.81. The average molecular weight is 198 g/mol. The summed E-state index contributed by atoms with van der Waals surface area (Å²) in [5.74, 6) is 1.11. The van der Waals surface area contributed by atoms with Crippen molar-refractivity contribution in [1.82, 2.24) is 0 Å². The van der Waals surface area contributed by atoms with Crippen LogP contribution in [0.3, 0.4) is 0 Å². The molecule has 0 spiro atoms. The van der Waals surface area contributed by atoms with Gasteiger partial charge in [0.15, 0.2) is 6.29 Å². The minimum atomic E-state index is -0.0939. The van der Waals surface area contributed by atoms with Crippen LogP contribution < -0.4 is 0 Å². The summed E-state index contributed by atoms with van der Waals surface area (Å²) < 4.78 is 15.3. The van der Waals surface area contributed by atoms with E-state index in [2.05, 4.69) is 0 Å². The van der Waals surface area contributed by atoms with Crippen molar-refractivity contribution in [3.63, 3.8) is 0 Å². The molecule has 0 aliphatic heterocycles. The van der Waals surface area contributed by atoms with E-state index in [1.54, 1.807) is 13.2 Å². The molecule has 14 heavy (non-hydrogen) atoms. The summed E-state index contributed by atoms with van der Waals surface area (Å²) >= 11 is 0. The van der Waals surface area contributed by atoms with Gasteiger partial charge in [0.2, 0.25) is 0 Å². The minimum absolute atomic E-state index is 0.0939. The van der Waals surface area contributed by atoms with Gasteiger partial charge in [0.25, 0.3) is 0 Å². The first-order valence-electron chi connectivity index (χ1n) is 4.28. The largest absolute Gasteiger partial charge is 0.500 e. The Morgan fingerprint density at radius 2 is 2.07 bits per heavy atom. The molecule has 0 fully saturated rings. The number of rotatable bonds is 4. The van der Waals surface area contributed by atoms with Gasteiger partial charge in [-0.05, 0) is 6.08 Å². The zero-order valence-electron chi connectivity index (χ0n) is 8.57. The number of hydrogen-bond donors (Lipinski definition) is 0. The lowest BCUT2D eigenvalue weighted by Gasteiger charge is -2.21. The van der Waals surface area contributed by atoms with Crippen molar-refractivity contribution in [3.8, 4) is 0 Å². The highest BCUT2D eigenvalue weighted by Gasteiger charge is 2.23. The lowest BCUT2D eigenvalue weighted by molar-refractivity contribution is -0.105. The summed E-state index contributed by atoms with van der Waals surface area (Å²) in [6.07, 6.45) is 2.98. The number of carbonyl (C=O) groups is 1. The van der Waals surface area contributed by atoms with Gasteiger partial charge in [-0.15, -0.1) is 0 Å². The molecule has 0 aromatic carbocycles. The molecule has 0 radical (unpaired) electrons. The second-order valence-corrected chi connectivity index (χ2v) is 2.87. The van der Waals surface area contributed by atoms with Gasteiger partial charge in [0.1, 0.15) is 11.5 Å². The molecule has 0 saturated carbocycles. The topological polar surface area (TPSA) is 44.8 Å². The number of methoxy groups -OCH3 is 3. The fraction of sp³-hybridized carbons (Fsp3) is 0.500. The Morgan fingerprint density at radius 3 is 2.50 bits per heavy atom. The average Bonchev–Trinajstić information content (AvgIpc) is 2.26. The first kappa shape index (κ1) is 10.8. The monoisotopic (exact) mass is 198 g/mol. The molecular formula is C10H14O4. The molecule has 1 unspecified atom stereocenters. The molecule has 4 nitrogen and oxygen atoms in total. The van der Waals surface area contributed by atoms with Crippen molar-refractivity contribution in [2.45, 2.75) is 12.5 Å². The zero-order chi connectivity index (χ0) is 10.6. The third-order valence-corrected chi connectivity index (χ3v) is 2.18. The zero-order valence-corrected chi connectivity index (χ0v) is 8.57. The van der Waals surface area contributed by atoms with Gasteiger partial charge < -0.3 is 14.2 Å². The fourth-order valence-electron chi connectivity index (χ4n) is 1.39. The van der Waals surface area contributed by atoms with Crippen LogP contribution in [0.1, 0.15) is 6.42 Å². The molecule has 1 rings (SSSR count). The van der Waals surface area contributed by atoms with Crippen molar-refractivity contribution in [3.05, 3.63) is 23.2 Å². The Morgan fingerprint density at radius 1 is 1.36 bits per heavy atom. The molecule has 0 saturated heterocycles. The Kier molecular flexibility index (Phi) is 3.71. The quantitative estimate of drug-likeness (QED) is 0.633. The SMILES string of the molecule is COC1=CC(OC)CC(OC)=C1C=O. The Bertz CT molecular complexity index is 278. The molecule has 0 aromatic rings. The normalized spacial score (nSPS) is 21.6. The van der Waals surface area contributed by atoms with Crippen LogP contribution in [-0.2, 0) is 19.0 Å². The van der Waals surface area contributed by atoms with E-state index in [0.29, 0.717) is 23.5 Å². The van der Waals surface area contributed by atoms with Crippen LogP contribution >= 0.6 is 0 Å². The van der Waals surface area contributed by atoms with Crippen molar-refractivity contribution in [2.24, 2.45) is 0 Å². The van der Waals surface area contributed by atoms with Crippen LogP contribution in [0, 0.1) is 0 Å². The second-order valence-electron chi connectivity index (χ2n) is 2.87. The first-order valence-corrected chi connectivity index (χ1v) is 4.28. The Balaban J connectivity index is 3.01. The third-order valence-electron chi connectivity index (χ3n) is 2.18. The van der Waals surface area contributed by atoms with E-state index >= 15 is 0 Å². The standard InChI is InChI=1S/C10H14O4/c1-12-7-4-9(13-2)8(6-11)10(5-7)14-3/h4,6-7H,5H2,1-3H3. The van der Waals surface area contributed by atoms with Gasteiger partial charge in [-0.1, -0.05) is 0 Å². The number of carbonyl (C=O) groups excluding carboxylic acids is 1. The summed E-state index contributed by atoms with van der Waals surface area (Å²) in [6.45, 7) is 0. The highest BCUT2D eigenvalue weighted by Crippen LogP contribution is 2.26. The Hall–Kier alpha value is -1.29. The van der Waals surface area contributed by atoms with Gasteiger partial charge >= 0.3 is 0 Å². The van der Waals surface area contributed by atoms with Crippen LogP contribution in [0.25, 0.3) is 0 Å². The molecule has 0 amide bonds. The highest BCUT2D eigenvalue weighted by molar-refractivity contribution is 5.80. The van der Waals surface area contributed by atoms with Crippen molar-refractivity contribution >= 4 is 6.29 Å². The molecule has 78 valence electrons. The summed E-state index contributed by atoms with van der Waals surface area (Å²) in [5.41, 5.74) is 0.461. The molecule has 0 N–H and O–H groups in total. The molecular weight excluding hydrogens is 184 g/mol. The predicted octanol–water partition coefficient (Wildman–Crippen LogP) is 1.03. The maximum Gasteiger partial charge on any atom is 0.157 e. The number of aldehydes is 1. The number of allylic oxidation sites excluding steroid dienone is 1. The number of ether oxygens (including phenoxy) is 3. The molecule has 4 heteroatoms. The number of hydrogen-bond acceptors (Lipinski definition) is 4. The third kappa shape index (κ3) is 1.96. The van der Waals surface area contributed by atoms with Crippen LogP contribution in [-0.4, -0.2) is 33.7 Å². The highest BCUT2D eigenvalue weighted by atomic mass is 16.5. The van der Waals surface area contributed by atoms with Gasteiger partial charge in [-0.2, -0.15) is 0 Å². The van der Waals surface area contributed by atoms with Crippen LogP contribution in [0.2, 0.25) is 0 Å². The van der Waals surface area contributed by atoms with Gasteiger partial charge in [0.05, 0.1) is 25.9 Å². The molecule has 1 aliphatic rings. The van der Waals surface area contributed by atoms with E-state index in [0.717, 1.165) is 6.29 Å². The van der Waals surface area contributed by atoms with Crippen molar-refractivity contribution in [2.75, 3.05) is 21.3 Å².